The van der Waals surface area contributed by atoms with Gasteiger partial charge in [0.05, 0.1) is 13.5 Å². The number of esters is 1. The first kappa shape index (κ1) is 15.3. The third-order valence-corrected chi connectivity index (χ3v) is 3.72. The van der Waals surface area contributed by atoms with Crippen LogP contribution >= 0.6 is 0 Å². The van der Waals surface area contributed by atoms with E-state index in [1.807, 2.05) is 0 Å². The summed E-state index contributed by atoms with van der Waals surface area (Å²) in [7, 11) is 1.29. The lowest BCUT2D eigenvalue weighted by Gasteiger charge is -2.35. The van der Waals surface area contributed by atoms with Crippen LogP contribution in [0.5, 0.6) is 5.75 Å². The molecule has 0 aliphatic carbocycles. The number of amides is 1. The van der Waals surface area contributed by atoms with E-state index in [0.29, 0.717) is 13.0 Å². The molecule has 1 fully saturated rings. The van der Waals surface area contributed by atoms with Crippen LogP contribution < -0.4 is 0 Å². The van der Waals surface area contributed by atoms with E-state index in [-0.39, 0.29) is 23.8 Å². The Balaban J connectivity index is 2.24. The number of phenols is 1. The van der Waals surface area contributed by atoms with Gasteiger partial charge in [0.2, 0.25) is 0 Å². The number of ether oxygens (including phenoxy) is 1. The predicted molar refractivity (Wildman–Crippen MR) is 73.4 cm³/mol. The summed E-state index contributed by atoms with van der Waals surface area (Å²) >= 11 is 0. The number of phenolic OH excluding ortho intramolecular Hbond substituents is 1. The van der Waals surface area contributed by atoms with Gasteiger partial charge in [-0.05, 0) is 31.4 Å². The number of halogens is 1. The molecule has 1 N–H and O–H groups in total. The molecule has 1 amide bonds. The number of piperidine rings is 1. The molecule has 1 aliphatic rings. The Labute approximate surface area is 122 Å². The molecule has 21 heavy (non-hydrogen) atoms. The first-order valence-corrected chi connectivity index (χ1v) is 6.90. The molecule has 0 spiro atoms. The summed E-state index contributed by atoms with van der Waals surface area (Å²) in [4.78, 5) is 25.4. The summed E-state index contributed by atoms with van der Waals surface area (Å²) in [5.41, 5.74) is -0.339. The Morgan fingerprint density at radius 3 is 2.86 bits per heavy atom. The molecule has 1 aromatic rings. The van der Waals surface area contributed by atoms with Gasteiger partial charge >= 0.3 is 5.97 Å². The second kappa shape index (κ2) is 6.56. The quantitative estimate of drug-likeness (QED) is 0.867. The van der Waals surface area contributed by atoms with Crippen LogP contribution in [0.15, 0.2) is 18.2 Å². The van der Waals surface area contributed by atoms with Gasteiger partial charge in [0.1, 0.15) is 17.1 Å². The number of rotatable bonds is 3. The maximum atomic E-state index is 13.8. The van der Waals surface area contributed by atoms with Crippen LogP contribution in [0, 0.1) is 5.82 Å². The topological polar surface area (TPSA) is 66.8 Å². The van der Waals surface area contributed by atoms with Gasteiger partial charge in [-0.15, -0.1) is 0 Å². The largest absolute Gasteiger partial charge is 0.507 e. The third kappa shape index (κ3) is 3.32. The molecule has 6 heteroatoms. The number of hydrogen-bond acceptors (Lipinski definition) is 4. The molecule has 114 valence electrons. The monoisotopic (exact) mass is 295 g/mol. The van der Waals surface area contributed by atoms with Crippen LogP contribution in [0.25, 0.3) is 0 Å². The third-order valence-electron chi connectivity index (χ3n) is 3.72. The van der Waals surface area contributed by atoms with Crippen LogP contribution in [-0.2, 0) is 9.53 Å². The fourth-order valence-corrected chi connectivity index (χ4v) is 2.62. The number of nitrogens with zero attached hydrogens (tertiary/aromatic N) is 1. The number of methoxy groups -OCH3 is 1. The fourth-order valence-electron chi connectivity index (χ4n) is 2.62. The Morgan fingerprint density at radius 2 is 2.19 bits per heavy atom. The van der Waals surface area contributed by atoms with E-state index < -0.39 is 17.7 Å². The number of carbonyl (C=O) groups excluding carboxylic acids is 2. The smallest absolute Gasteiger partial charge is 0.307 e. The van der Waals surface area contributed by atoms with Crippen molar-refractivity contribution in [3.05, 3.63) is 29.6 Å². The molecule has 1 aliphatic heterocycles. The molecular weight excluding hydrogens is 277 g/mol. The number of hydrogen-bond donors (Lipinski definition) is 1. The van der Waals surface area contributed by atoms with E-state index in [9.17, 15) is 19.1 Å². The van der Waals surface area contributed by atoms with Crippen molar-refractivity contribution in [2.75, 3.05) is 13.7 Å². The summed E-state index contributed by atoms with van der Waals surface area (Å²) in [5, 5.41) is 9.73. The lowest BCUT2D eigenvalue weighted by molar-refractivity contribution is -0.142. The Kier molecular flexibility index (Phi) is 4.77. The maximum Gasteiger partial charge on any atom is 0.307 e. The van der Waals surface area contributed by atoms with Crippen molar-refractivity contribution in [2.45, 2.75) is 31.7 Å². The predicted octanol–water partition coefficient (Wildman–Crippen LogP) is 2.09. The van der Waals surface area contributed by atoms with E-state index in [2.05, 4.69) is 4.74 Å². The van der Waals surface area contributed by atoms with Crippen molar-refractivity contribution in [2.24, 2.45) is 0 Å². The highest BCUT2D eigenvalue weighted by Gasteiger charge is 2.32. The molecule has 2 rings (SSSR count). The highest BCUT2D eigenvalue weighted by Crippen LogP contribution is 2.27. The molecule has 0 radical (unpaired) electrons. The van der Waals surface area contributed by atoms with Crippen molar-refractivity contribution >= 4 is 11.9 Å². The molecule has 0 bridgehead atoms. The van der Waals surface area contributed by atoms with Gasteiger partial charge < -0.3 is 14.7 Å². The van der Waals surface area contributed by atoms with Crippen LogP contribution in [0.1, 0.15) is 36.0 Å². The van der Waals surface area contributed by atoms with Crippen LogP contribution in [0.4, 0.5) is 4.39 Å². The molecule has 1 atom stereocenters. The average Bonchev–Trinajstić information content (AvgIpc) is 2.47. The Bertz CT molecular complexity index is 526. The van der Waals surface area contributed by atoms with Gasteiger partial charge in [0.25, 0.3) is 5.91 Å². The van der Waals surface area contributed by atoms with Crippen LogP contribution in [0.3, 0.4) is 0 Å². The van der Waals surface area contributed by atoms with E-state index in [4.69, 9.17) is 0 Å². The zero-order valence-electron chi connectivity index (χ0n) is 11.8. The molecular formula is C15H18FNO4. The molecule has 1 aromatic carbocycles. The number of aromatic hydroxyl groups is 1. The summed E-state index contributed by atoms with van der Waals surface area (Å²) in [6, 6.07) is 3.42. The molecule has 1 heterocycles. The average molecular weight is 295 g/mol. The van der Waals surface area contributed by atoms with E-state index in [1.165, 1.54) is 24.1 Å². The minimum Gasteiger partial charge on any atom is -0.507 e. The first-order valence-electron chi connectivity index (χ1n) is 6.90. The Morgan fingerprint density at radius 1 is 1.43 bits per heavy atom. The second-order valence-electron chi connectivity index (χ2n) is 5.06. The molecule has 5 nitrogen and oxygen atoms in total. The van der Waals surface area contributed by atoms with Crippen molar-refractivity contribution in [1.29, 1.82) is 0 Å². The van der Waals surface area contributed by atoms with E-state index in [0.717, 1.165) is 18.9 Å². The zero-order valence-corrected chi connectivity index (χ0v) is 11.8. The van der Waals surface area contributed by atoms with Crippen molar-refractivity contribution in [3.8, 4) is 5.75 Å². The molecule has 1 saturated heterocycles. The zero-order chi connectivity index (χ0) is 15.4. The fraction of sp³-hybridized carbons (Fsp3) is 0.467. The van der Waals surface area contributed by atoms with Crippen molar-refractivity contribution in [3.63, 3.8) is 0 Å². The maximum absolute atomic E-state index is 13.8. The molecule has 0 aromatic heterocycles. The number of likely N-dealkylation sites (tertiary alicyclic amines) is 1. The summed E-state index contributed by atoms with van der Waals surface area (Å²) in [6.07, 6.45) is 2.43. The highest BCUT2D eigenvalue weighted by molar-refractivity contribution is 5.97. The normalized spacial score (nSPS) is 18.4. The van der Waals surface area contributed by atoms with Gasteiger partial charge in [-0.3, -0.25) is 9.59 Å². The van der Waals surface area contributed by atoms with Gasteiger partial charge in [-0.2, -0.15) is 0 Å². The second-order valence-corrected chi connectivity index (χ2v) is 5.06. The summed E-state index contributed by atoms with van der Waals surface area (Å²) in [6.45, 7) is 0.439. The minimum atomic E-state index is -0.762. The standard InChI is InChI=1S/C15H18FNO4/c1-21-13(19)9-10-5-2-3-8-17(10)15(20)14-11(16)6-4-7-12(14)18/h4,6-7,10,18H,2-3,5,8-9H2,1H3. The molecule has 1 unspecified atom stereocenters. The van der Waals surface area contributed by atoms with E-state index >= 15 is 0 Å². The van der Waals surface area contributed by atoms with Gasteiger partial charge in [-0.1, -0.05) is 6.07 Å². The number of benzene rings is 1. The highest BCUT2D eigenvalue weighted by atomic mass is 19.1. The minimum absolute atomic E-state index is 0.0808. The lowest BCUT2D eigenvalue weighted by atomic mass is 9.98. The van der Waals surface area contributed by atoms with Gasteiger partial charge in [-0.25, -0.2) is 4.39 Å². The lowest BCUT2D eigenvalue weighted by Crippen LogP contribution is -2.45. The Hall–Kier alpha value is -2.11. The molecule has 0 saturated carbocycles. The van der Waals surface area contributed by atoms with Crippen molar-refractivity contribution < 1.29 is 23.8 Å². The SMILES string of the molecule is COC(=O)CC1CCCCN1C(=O)c1c(O)cccc1F. The summed E-state index contributed by atoms with van der Waals surface area (Å²) < 4.78 is 18.4. The van der Waals surface area contributed by atoms with Gasteiger partial charge in [0.15, 0.2) is 0 Å². The first-order chi connectivity index (χ1) is 10.0. The van der Waals surface area contributed by atoms with Gasteiger partial charge in [0, 0.05) is 12.6 Å². The van der Waals surface area contributed by atoms with Crippen molar-refractivity contribution in [1.82, 2.24) is 4.90 Å². The van der Waals surface area contributed by atoms with Crippen LogP contribution in [0.2, 0.25) is 0 Å². The number of carbonyl (C=O) groups is 2. The van der Waals surface area contributed by atoms with E-state index in [1.54, 1.807) is 0 Å². The van der Waals surface area contributed by atoms with Crippen LogP contribution in [-0.4, -0.2) is 41.6 Å². The summed E-state index contributed by atoms with van der Waals surface area (Å²) in [5.74, 6) is -2.14.